The van der Waals surface area contributed by atoms with Crippen molar-refractivity contribution in [1.29, 1.82) is 0 Å². The molecule has 0 aliphatic heterocycles. The van der Waals surface area contributed by atoms with E-state index in [1.165, 1.54) is 57.5 Å². The molecule has 0 nitrogen and oxygen atoms in total. The zero-order chi connectivity index (χ0) is 12.1. The molecular weight excluding hydrogens is 230 g/mol. The molecule has 0 bridgehead atoms. The third-order valence-electron chi connectivity index (χ3n) is 3.08. The SMILES string of the molecule is CCCCP(CCCC)CCCCCCP. The fourth-order valence-electron chi connectivity index (χ4n) is 1.93. The molecule has 0 heterocycles. The van der Waals surface area contributed by atoms with Crippen LogP contribution in [-0.2, 0) is 0 Å². The quantitative estimate of drug-likeness (QED) is 0.321. The smallest absolute Gasteiger partial charge is 0.0326 e. The lowest BCUT2D eigenvalue weighted by Crippen LogP contribution is -1.96. The number of hydrogen-bond acceptors (Lipinski definition) is 0. The lowest BCUT2D eigenvalue weighted by atomic mass is 10.2. The molecule has 0 aliphatic rings. The molecule has 0 N–H and O–H groups in total. The van der Waals surface area contributed by atoms with Gasteiger partial charge in [-0.2, -0.15) is 0 Å². The van der Waals surface area contributed by atoms with Crippen LogP contribution in [0.1, 0.15) is 65.2 Å². The van der Waals surface area contributed by atoms with Gasteiger partial charge in [-0.05, 0) is 50.3 Å². The van der Waals surface area contributed by atoms with E-state index in [1.54, 1.807) is 18.5 Å². The van der Waals surface area contributed by atoms with Gasteiger partial charge < -0.3 is 0 Å². The third-order valence-corrected chi connectivity index (χ3v) is 6.34. The summed E-state index contributed by atoms with van der Waals surface area (Å²) in [6.07, 6.45) is 17.5. The summed E-state index contributed by atoms with van der Waals surface area (Å²) < 4.78 is 0. The van der Waals surface area contributed by atoms with Crippen molar-refractivity contribution in [1.82, 2.24) is 0 Å². The molecule has 0 spiro atoms. The predicted octanol–water partition coefficient (Wildman–Crippen LogP) is 5.50. The minimum absolute atomic E-state index is 0.401. The van der Waals surface area contributed by atoms with Gasteiger partial charge in [-0.3, -0.25) is 0 Å². The van der Waals surface area contributed by atoms with Crippen LogP contribution in [0.5, 0.6) is 0 Å². The summed E-state index contributed by atoms with van der Waals surface area (Å²) in [6, 6.07) is 0. The van der Waals surface area contributed by atoms with Gasteiger partial charge in [-0.15, -0.1) is 17.2 Å². The zero-order valence-electron chi connectivity index (χ0n) is 11.5. The van der Waals surface area contributed by atoms with E-state index in [0.29, 0.717) is 7.92 Å². The van der Waals surface area contributed by atoms with E-state index >= 15 is 0 Å². The molecule has 0 aromatic carbocycles. The summed E-state index contributed by atoms with van der Waals surface area (Å²) in [5.41, 5.74) is 0. The Bertz CT molecular complexity index is 118. The maximum atomic E-state index is 2.84. The van der Waals surface area contributed by atoms with Gasteiger partial charge >= 0.3 is 0 Å². The number of hydrogen-bond donors (Lipinski definition) is 0. The summed E-state index contributed by atoms with van der Waals surface area (Å²) >= 11 is 0. The molecule has 16 heavy (non-hydrogen) atoms. The van der Waals surface area contributed by atoms with Gasteiger partial charge in [0.15, 0.2) is 0 Å². The Morgan fingerprint density at radius 2 is 1.19 bits per heavy atom. The third kappa shape index (κ3) is 11.3. The highest BCUT2D eigenvalue weighted by atomic mass is 31.1. The van der Waals surface area contributed by atoms with Gasteiger partial charge in [0.25, 0.3) is 0 Å². The summed E-state index contributed by atoms with van der Waals surface area (Å²) in [4.78, 5) is 0. The average Bonchev–Trinajstić information content (AvgIpc) is 2.31. The maximum Gasteiger partial charge on any atom is -0.0326 e. The molecule has 0 saturated carbocycles. The summed E-state index contributed by atoms with van der Waals surface area (Å²) in [7, 11) is 3.24. The largest absolute Gasteiger partial charge is 0.138 e. The number of rotatable bonds is 12. The molecule has 0 amide bonds. The van der Waals surface area contributed by atoms with Crippen molar-refractivity contribution in [2.75, 3.05) is 24.6 Å². The molecule has 98 valence electrons. The Morgan fingerprint density at radius 3 is 1.69 bits per heavy atom. The van der Waals surface area contributed by atoms with E-state index in [4.69, 9.17) is 0 Å². The van der Waals surface area contributed by atoms with Crippen LogP contribution >= 0.6 is 17.2 Å². The van der Waals surface area contributed by atoms with Crippen molar-refractivity contribution in [3.8, 4) is 0 Å². The molecule has 2 heteroatoms. The van der Waals surface area contributed by atoms with Crippen LogP contribution < -0.4 is 0 Å². The van der Waals surface area contributed by atoms with E-state index < -0.39 is 0 Å². The highest BCUT2D eigenvalue weighted by molar-refractivity contribution is 7.57. The molecule has 0 saturated heterocycles. The van der Waals surface area contributed by atoms with E-state index in [2.05, 4.69) is 23.1 Å². The first-order valence-corrected chi connectivity index (χ1v) is 9.99. The van der Waals surface area contributed by atoms with Crippen molar-refractivity contribution in [2.24, 2.45) is 0 Å². The van der Waals surface area contributed by atoms with Crippen LogP contribution in [0.15, 0.2) is 0 Å². The van der Waals surface area contributed by atoms with Crippen molar-refractivity contribution < 1.29 is 0 Å². The summed E-state index contributed by atoms with van der Waals surface area (Å²) in [5, 5.41) is 0. The second kappa shape index (κ2) is 13.9. The second-order valence-electron chi connectivity index (χ2n) is 4.75. The van der Waals surface area contributed by atoms with E-state index in [-0.39, 0.29) is 0 Å². The first-order chi connectivity index (χ1) is 7.85. The Morgan fingerprint density at radius 1 is 0.688 bits per heavy atom. The van der Waals surface area contributed by atoms with E-state index in [9.17, 15) is 0 Å². The normalized spacial score (nSPS) is 11.2. The van der Waals surface area contributed by atoms with Crippen molar-refractivity contribution in [3.05, 3.63) is 0 Å². The Hall–Kier alpha value is 0.860. The van der Waals surface area contributed by atoms with Gasteiger partial charge in [0, 0.05) is 0 Å². The topological polar surface area (TPSA) is 0 Å². The minimum Gasteiger partial charge on any atom is -0.138 e. The summed E-state index contributed by atoms with van der Waals surface area (Å²) in [5.74, 6) is 0. The standard InChI is InChI=1S/C14H32P2/c1-3-5-12-16(13-6-4-2)14-10-8-7-9-11-15/h3-15H2,1-2H3. The van der Waals surface area contributed by atoms with Crippen molar-refractivity contribution in [3.63, 3.8) is 0 Å². The van der Waals surface area contributed by atoms with Gasteiger partial charge in [0.05, 0.1) is 0 Å². The molecule has 0 aromatic heterocycles. The number of unbranched alkanes of at least 4 members (excludes halogenated alkanes) is 5. The van der Waals surface area contributed by atoms with E-state index in [0.717, 1.165) is 0 Å². The van der Waals surface area contributed by atoms with Crippen LogP contribution in [0.25, 0.3) is 0 Å². The van der Waals surface area contributed by atoms with Crippen LogP contribution in [-0.4, -0.2) is 24.6 Å². The maximum absolute atomic E-state index is 2.84. The molecule has 1 unspecified atom stereocenters. The Labute approximate surface area is 107 Å². The van der Waals surface area contributed by atoms with Gasteiger partial charge in [0.2, 0.25) is 0 Å². The molecule has 0 fully saturated rings. The van der Waals surface area contributed by atoms with Crippen molar-refractivity contribution in [2.45, 2.75) is 65.2 Å². The van der Waals surface area contributed by atoms with Gasteiger partial charge in [-0.25, -0.2) is 0 Å². The molecule has 1 atom stereocenters. The second-order valence-corrected chi connectivity index (χ2v) is 8.01. The zero-order valence-corrected chi connectivity index (χ0v) is 13.6. The molecule has 0 aliphatic carbocycles. The van der Waals surface area contributed by atoms with Crippen LogP contribution in [0.3, 0.4) is 0 Å². The average molecular weight is 262 g/mol. The fraction of sp³-hybridized carbons (Fsp3) is 1.00. The molecular formula is C14H32P2. The lowest BCUT2D eigenvalue weighted by molar-refractivity contribution is 0.707. The summed E-state index contributed by atoms with van der Waals surface area (Å²) in [6.45, 7) is 4.65. The molecule has 0 aromatic rings. The predicted molar refractivity (Wildman–Crippen MR) is 84.4 cm³/mol. The highest BCUT2D eigenvalue weighted by Gasteiger charge is 2.06. The van der Waals surface area contributed by atoms with E-state index in [1.807, 2.05) is 0 Å². The molecule has 0 rings (SSSR count). The monoisotopic (exact) mass is 262 g/mol. The first kappa shape index (κ1) is 16.9. The molecule has 0 radical (unpaired) electrons. The Kier molecular flexibility index (Phi) is 14.7. The van der Waals surface area contributed by atoms with Crippen LogP contribution in [0, 0.1) is 0 Å². The lowest BCUT2D eigenvalue weighted by Gasteiger charge is -2.17. The van der Waals surface area contributed by atoms with Gasteiger partial charge in [0.1, 0.15) is 0 Å². The van der Waals surface area contributed by atoms with Gasteiger partial charge in [-0.1, -0.05) is 39.5 Å². The first-order valence-electron chi connectivity index (χ1n) is 7.27. The van der Waals surface area contributed by atoms with Crippen LogP contribution in [0.4, 0.5) is 0 Å². The Balaban J connectivity index is 3.48. The van der Waals surface area contributed by atoms with Crippen molar-refractivity contribution >= 4 is 17.2 Å². The minimum atomic E-state index is 0.401. The fourth-order valence-corrected chi connectivity index (χ4v) is 5.09. The highest BCUT2D eigenvalue weighted by Crippen LogP contribution is 2.38. The van der Waals surface area contributed by atoms with Crippen LogP contribution in [0.2, 0.25) is 0 Å².